The van der Waals surface area contributed by atoms with E-state index in [9.17, 15) is 9.59 Å². The summed E-state index contributed by atoms with van der Waals surface area (Å²) in [6, 6.07) is 9.84. The molecule has 3 heterocycles. The Balaban J connectivity index is 1.47. The first-order chi connectivity index (χ1) is 16.0. The van der Waals surface area contributed by atoms with Gasteiger partial charge in [0, 0.05) is 35.6 Å². The third kappa shape index (κ3) is 4.54. The van der Waals surface area contributed by atoms with Crippen LogP contribution in [0.15, 0.2) is 45.7 Å². The van der Waals surface area contributed by atoms with E-state index in [0.29, 0.717) is 16.9 Å². The first-order valence-electron chi connectivity index (χ1n) is 11.0. The van der Waals surface area contributed by atoms with E-state index in [0.717, 1.165) is 51.3 Å². The molecule has 1 aliphatic rings. The number of ketones is 1. The Bertz CT molecular complexity index is 1310. The van der Waals surface area contributed by atoms with Gasteiger partial charge in [-0.2, -0.15) is 0 Å². The lowest BCUT2D eigenvalue weighted by Crippen LogP contribution is -2.38. The highest BCUT2D eigenvalue weighted by Gasteiger charge is 2.29. The van der Waals surface area contributed by atoms with Gasteiger partial charge >= 0.3 is 0 Å². The molecule has 5 rings (SSSR count). The average molecular weight is 544 g/mol. The molecule has 0 saturated heterocycles. The number of nitrogens with zero attached hydrogens (tertiary/aromatic N) is 3. The Morgan fingerprint density at radius 1 is 1.24 bits per heavy atom. The van der Waals surface area contributed by atoms with E-state index < -0.39 is 0 Å². The molecule has 0 bridgehead atoms. The normalized spacial score (nSPS) is 18.5. The summed E-state index contributed by atoms with van der Waals surface area (Å²) in [6.07, 6.45) is 6.08. The fourth-order valence-electron chi connectivity index (χ4n) is 4.55. The molecule has 6 nitrogen and oxygen atoms in total. The Hall–Kier alpha value is -2.36. The van der Waals surface area contributed by atoms with Crippen molar-refractivity contribution >= 4 is 61.3 Å². The van der Waals surface area contributed by atoms with Gasteiger partial charge in [-0.25, -0.2) is 9.97 Å². The van der Waals surface area contributed by atoms with Gasteiger partial charge in [-0.15, -0.1) is 22.7 Å². The minimum absolute atomic E-state index is 0.0188. The summed E-state index contributed by atoms with van der Waals surface area (Å²) in [6.45, 7) is 1.87. The van der Waals surface area contributed by atoms with E-state index in [1.165, 1.54) is 11.3 Å². The zero-order chi connectivity index (χ0) is 22.9. The number of benzene rings is 1. The maximum absolute atomic E-state index is 12.7. The number of carbonyl (C=O) groups excluding carboxylic acids is 2. The van der Waals surface area contributed by atoms with Crippen LogP contribution in [-0.4, -0.2) is 32.3 Å². The number of hydrogen-bond acceptors (Lipinski definition) is 6. The van der Waals surface area contributed by atoms with Crippen molar-refractivity contribution in [3.05, 3.63) is 56.1 Å². The van der Waals surface area contributed by atoms with Gasteiger partial charge in [-0.05, 0) is 71.9 Å². The van der Waals surface area contributed by atoms with E-state index in [-0.39, 0.29) is 23.8 Å². The Labute approximate surface area is 208 Å². The quantitative estimate of drug-likeness (QED) is 0.282. The number of thiazole rings is 1. The van der Waals surface area contributed by atoms with E-state index in [4.69, 9.17) is 4.98 Å². The molecule has 1 amide bonds. The molecule has 2 unspecified atom stereocenters. The van der Waals surface area contributed by atoms with Crippen LogP contribution in [-0.2, 0) is 0 Å². The fraction of sp³-hybridized carbons (Fsp3) is 0.333. The third-order valence-corrected chi connectivity index (χ3v) is 8.49. The largest absolute Gasteiger partial charge is 0.349 e. The van der Waals surface area contributed by atoms with E-state index >= 15 is 0 Å². The zero-order valence-corrected chi connectivity index (χ0v) is 21.3. The number of rotatable bonds is 6. The van der Waals surface area contributed by atoms with E-state index in [2.05, 4.69) is 30.8 Å². The molecule has 2 atom stereocenters. The molecule has 1 aromatic carbocycles. The molecule has 1 saturated carbocycles. The number of thiophene rings is 1. The number of carbonyl (C=O) groups is 2. The van der Waals surface area contributed by atoms with Crippen LogP contribution in [0.2, 0.25) is 0 Å². The second-order valence-corrected chi connectivity index (χ2v) is 11.6. The number of hydrogen-bond donors (Lipinski definition) is 1. The highest BCUT2D eigenvalue weighted by Crippen LogP contribution is 2.37. The van der Waals surface area contributed by atoms with Gasteiger partial charge in [0.2, 0.25) is 0 Å². The number of imidazole rings is 1. The molecular formula is C24H23BrN4O2S2. The van der Waals surface area contributed by atoms with Gasteiger partial charge in [0.25, 0.3) is 5.91 Å². The summed E-state index contributed by atoms with van der Waals surface area (Å²) in [4.78, 5) is 35.1. The predicted molar refractivity (Wildman–Crippen MR) is 136 cm³/mol. The summed E-state index contributed by atoms with van der Waals surface area (Å²) in [5, 5.41) is 6.05. The lowest BCUT2D eigenvalue weighted by molar-refractivity contribution is 0.0924. The van der Waals surface area contributed by atoms with Crippen LogP contribution in [0.1, 0.15) is 65.1 Å². The molecule has 3 aromatic heterocycles. The van der Waals surface area contributed by atoms with Crippen LogP contribution in [0.5, 0.6) is 0 Å². The lowest BCUT2D eigenvalue weighted by Gasteiger charge is -2.31. The topological polar surface area (TPSA) is 76.9 Å². The van der Waals surface area contributed by atoms with Crippen LogP contribution in [0, 0.1) is 0 Å². The molecule has 1 N–H and O–H groups in total. The molecule has 9 heteroatoms. The van der Waals surface area contributed by atoms with Crippen molar-refractivity contribution in [1.82, 2.24) is 19.9 Å². The molecule has 33 heavy (non-hydrogen) atoms. The third-order valence-electron chi connectivity index (χ3n) is 6.10. The van der Waals surface area contributed by atoms with Crippen molar-refractivity contribution in [2.45, 2.75) is 51.1 Å². The van der Waals surface area contributed by atoms with Crippen molar-refractivity contribution in [2.75, 3.05) is 0 Å². The van der Waals surface area contributed by atoms with Crippen LogP contribution in [0.25, 0.3) is 21.9 Å². The van der Waals surface area contributed by atoms with Crippen molar-refractivity contribution < 1.29 is 9.59 Å². The summed E-state index contributed by atoms with van der Waals surface area (Å²) >= 11 is 6.44. The molecule has 0 radical (unpaired) electrons. The van der Waals surface area contributed by atoms with Crippen molar-refractivity contribution in [1.29, 1.82) is 0 Å². The minimum atomic E-state index is -0.0188. The smallest absolute Gasteiger partial charge is 0.261 e. The number of fused-ring (bicyclic) bond motifs is 1. The summed E-state index contributed by atoms with van der Waals surface area (Å²) in [5.41, 5.74) is 2.51. The Morgan fingerprint density at radius 2 is 2.12 bits per heavy atom. The van der Waals surface area contributed by atoms with Crippen LogP contribution in [0.4, 0.5) is 0 Å². The number of aromatic nitrogens is 3. The maximum Gasteiger partial charge on any atom is 0.261 e. The van der Waals surface area contributed by atoms with E-state index in [1.54, 1.807) is 17.5 Å². The highest BCUT2D eigenvalue weighted by molar-refractivity contribution is 9.11. The molecule has 1 fully saturated rings. The number of nitrogens with one attached hydrogen (secondary N) is 1. The summed E-state index contributed by atoms with van der Waals surface area (Å²) < 4.78 is 3.22. The molecule has 0 aliphatic heterocycles. The number of Topliss-reactive ketones (excluding diaryl/α,β-unsaturated/α-hetero) is 1. The second kappa shape index (κ2) is 9.48. The molecular weight excluding hydrogens is 520 g/mol. The van der Waals surface area contributed by atoms with Gasteiger partial charge in [0.1, 0.15) is 0 Å². The lowest BCUT2D eigenvalue weighted by atomic mass is 9.90. The minimum Gasteiger partial charge on any atom is -0.349 e. The van der Waals surface area contributed by atoms with Gasteiger partial charge < -0.3 is 9.88 Å². The number of amides is 1. The molecule has 1 aliphatic carbocycles. The first-order valence-corrected chi connectivity index (χ1v) is 13.5. The Morgan fingerprint density at radius 3 is 2.85 bits per heavy atom. The number of halogens is 1. The fourth-order valence-corrected chi connectivity index (χ4v) is 6.46. The molecule has 0 spiro atoms. The van der Waals surface area contributed by atoms with Crippen LogP contribution >= 0.6 is 38.6 Å². The van der Waals surface area contributed by atoms with Gasteiger partial charge in [0.15, 0.2) is 16.6 Å². The van der Waals surface area contributed by atoms with Crippen LogP contribution in [0.3, 0.4) is 0 Å². The zero-order valence-electron chi connectivity index (χ0n) is 18.1. The highest BCUT2D eigenvalue weighted by atomic mass is 79.9. The van der Waals surface area contributed by atoms with Gasteiger partial charge in [-0.1, -0.05) is 6.92 Å². The van der Waals surface area contributed by atoms with E-state index in [1.807, 2.05) is 42.6 Å². The Kier molecular flexibility index (Phi) is 6.44. The standard InChI is InChI=1S/C24H23BrN4O2S2/c1-2-19(30)14-6-7-18-17(12-14)28-22(24-26-10-11-32-24)29(18)16-5-3-4-15(13-16)27-23(31)20-8-9-21(25)33-20/h6-12,15-16H,2-5,13H2,1H3,(H,27,31). The van der Waals surface area contributed by atoms with Gasteiger partial charge in [-0.3, -0.25) is 9.59 Å². The maximum atomic E-state index is 12.7. The summed E-state index contributed by atoms with van der Waals surface area (Å²) in [7, 11) is 0. The first kappa shape index (κ1) is 22.4. The monoisotopic (exact) mass is 542 g/mol. The van der Waals surface area contributed by atoms with Gasteiger partial charge in [0.05, 0.1) is 19.7 Å². The second-order valence-electron chi connectivity index (χ2n) is 8.22. The average Bonchev–Trinajstić information content (AvgIpc) is 3.57. The SMILES string of the molecule is CCC(=O)c1ccc2c(c1)nc(-c1nccs1)n2C1CCCC(NC(=O)c2ccc(Br)s2)C1. The van der Waals surface area contributed by atoms with Crippen molar-refractivity contribution in [3.8, 4) is 10.8 Å². The van der Waals surface area contributed by atoms with Crippen molar-refractivity contribution in [2.24, 2.45) is 0 Å². The summed E-state index contributed by atoms with van der Waals surface area (Å²) in [5.74, 6) is 0.929. The predicted octanol–water partition coefficient (Wildman–Crippen LogP) is 6.49. The molecule has 170 valence electrons. The van der Waals surface area contributed by atoms with Crippen LogP contribution < -0.4 is 5.32 Å². The van der Waals surface area contributed by atoms with Crippen molar-refractivity contribution in [3.63, 3.8) is 0 Å². The molecule has 4 aromatic rings.